The van der Waals surface area contributed by atoms with Gasteiger partial charge in [0.05, 0.1) is 5.52 Å². The maximum atomic E-state index is 11.7. The Balaban J connectivity index is 2.11. The van der Waals surface area contributed by atoms with E-state index in [1.54, 1.807) is 0 Å². The molecule has 1 heterocycles. The maximum Gasteiger partial charge on any atom is 0.250 e. The van der Waals surface area contributed by atoms with Crippen LogP contribution in [0, 0.1) is 0 Å². The van der Waals surface area contributed by atoms with Crippen molar-refractivity contribution in [2.24, 2.45) is 0 Å². The first-order valence-electron chi connectivity index (χ1n) is 7.21. The van der Waals surface area contributed by atoms with Gasteiger partial charge in [0.25, 0.3) is 0 Å². The van der Waals surface area contributed by atoms with Crippen LogP contribution in [-0.4, -0.2) is 49.2 Å². The van der Waals surface area contributed by atoms with E-state index in [0.717, 1.165) is 24.3 Å². The number of hydrogen-bond donors (Lipinski definition) is 1. The first-order valence-corrected chi connectivity index (χ1v) is 7.21. The number of likely N-dealkylation sites (N-methyl/N-ethyl adjacent to an activating group) is 1. The van der Waals surface area contributed by atoms with Gasteiger partial charge >= 0.3 is 0 Å². The molecule has 21 heavy (non-hydrogen) atoms. The van der Waals surface area contributed by atoms with E-state index >= 15 is 0 Å². The van der Waals surface area contributed by atoms with Crippen LogP contribution < -0.4 is 5.32 Å². The Morgan fingerprint density at radius 3 is 2.86 bits per heavy atom. The van der Waals surface area contributed by atoms with Gasteiger partial charge in [-0.05, 0) is 44.6 Å². The zero-order valence-electron chi connectivity index (χ0n) is 12.9. The van der Waals surface area contributed by atoms with E-state index < -0.39 is 0 Å². The van der Waals surface area contributed by atoms with Gasteiger partial charge in [-0.1, -0.05) is 6.07 Å². The molecule has 0 saturated carbocycles. The average molecular weight is 289 g/mol. The lowest BCUT2D eigenvalue weighted by Gasteiger charge is -2.12. The van der Waals surface area contributed by atoms with Crippen molar-refractivity contribution in [1.82, 2.24) is 9.47 Å². The molecule has 1 aromatic heterocycles. The molecule has 2 aromatic rings. The predicted molar refractivity (Wildman–Crippen MR) is 85.6 cm³/mol. The molecule has 0 aliphatic carbocycles. The van der Waals surface area contributed by atoms with Gasteiger partial charge in [-0.25, -0.2) is 0 Å². The zero-order chi connectivity index (χ0) is 15.2. The molecule has 2 rings (SSSR count). The number of nitrogens with one attached hydrogen (secondary N) is 1. The Morgan fingerprint density at radius 2 is 2.14 bits per heavy atom. The molecular formula is C16H23N3O2. The van der Waals surface area contributed by atoms with Crippen molar-refractivity contribution in [2.45, 2.75) is 13.5 Å². The highest BCUT2D eigenvalue weighted by Gasteiger charge is 2.06. The number of ether oxygens (including phenoxy) is 1. The minimum atomic E-state index is -0.123. The maximum absolute atomic E-state index is 11.7. The van der Waals surface area contributed by atoms with Crippen molar-refractivity contribution in [3.8, 4) is 0 Å². The first kappa shape index (κ1) is 15.5. The second-order valence-corrected chi connectivity index (χ2v) is 5.27. The molecule has 114 valence electrons. The summed E-state index contributed by atoms with van der Waals surface area (Å²) in [5.74, 6) is -0.123. The van der Waals surface area contributed by atoms with Crippen molar-refractivity contribution < 1.29 is 9.53 Å². The Morgan fingerprint density at radius 1 is 1.33 bits per heavy atom. The molecule has 0 bridgehead atoms. The monoisotopic (exact) mass is 289 g/mol. The summed E-state index contributed by atoms with van der Waals surface area (Å²) in [7, 11) is 4.12. The Bertz CT molecular complexity index is 605. The van der Waals surface area contributed by atoms with Crippen molar-refractivity contribution in [1.29, 1.82) is 0 Å². The van der Waals surface area contributed by atoms with Gasteiger partial charge in [0, 0.05) is 31.6 Å². The van der Waals surface area contributed by atoms with Crippen LogP contribution in [0.2, 0.25) is 0 Å². The molecule has 0 aliphatic heterocycles. The molecule has 0 unspecified atom stereocenters. The molecule has 0 radical (unpaired) electrons. The number of amides is 1. The van der Waals surface area contributed by atoms with Crippen LogP contribution in [0.5, 0.6) is 0 Å². The largest absolute Gasteiger partial charge is 0.372 e. The van der Waals surface area contributed by atoms with Gasteiger partial charge in [-0.3, -0.25) is 4.79 Å². The highest BCUT2D eigenvalue weighted by Crippen LogP contribution is 2.20. The molecular weight excluding hydrogens is 266 g/mol. The number of aromatic nitrogens is 1. The molecule has 1 aromatic carbocycles. The van der Waals surface area contributed by atoms with Crippen LogP contribution in [-0.2, 0) is 16.1 Å². The summed E-state index contributed by atoms with van der Waals surface area (Å²) >= 11 is 0. The molecule has 0 saturated heterocycles. The molecule has 0 spiro atoms. The molecule has 5 nitrogen and oxygen atoms in total. The Hall–Kier alpha value is -1.85. The van der Waals surface area contributed by atoms with Crippen LogP contribution >= 0.6 is 0 Å². The summed E-state index contributed by atoms with van der Waals surface area (Å²) in [6.07, 6.45) is 2.08. The second kappa shape index (κ2) is 7.24. The van der Waals surface area contributed by atoms with Crippen molar-refractivity contribution in [3.63, 3.8) is 0 Å². The van der Waals surface area contributed by atoms with E-state index in [0.29, 0.717) is 6.61 Å². The third-order valence-electron chi connectivity index (χ3n) is 3.28. The van der Waals surface area contributed by atoms with Crippen LogP contribution in [0.15, 0.2) is 30.5 Å². The first-order chi connectivity index (χ1) is 10.1. The Labute approximate surface area is 125 Å². The third kappa shape index (κ3) is 4.31. The summed E-state index contributed by atoms with van der Waals surface area (Å²) in [4.78, 5) is 13.8. The number of nitrogens with zero attached hydrogens (tertiary/aromatic N) is 2. The summed E-state index contributed by atoms with van der Waals surface area (Å²) in [6, 6.07) is 8.05. The van der Waals surface area contributed by atoms with Crippen molar-refractivity contribution in [3.05, 3.63) is 30.5 Å². The van der Waals surface area contributed by atoms with Gasteiger partial charge in [0.2, 0.25) is 5.91 Å². The molecule has 0 atom stereocenters. The van der Waals surface area contributed by atoms with Gasteiger partial charge in [0.15, 0.2) is 0 Å². The van der Waals surface area contributed by atoms with Crippen LogP contribution in [0.1, 0.15) is 6.92 Å². The molecule has 5 heteroatoms. The number of benzene rings is 1. The lowest BCUT2D eigenvalue weighted by Crippen LogP contribution is -2.18. The predicted octanol–water partition coefficient (Wildman–Crippen LogP) is 2.18. The van der Waals surface area contributed by atoms with E-state index in [9.17, 15) is 4.79 Å². The summed E-state index contributed by atoms with van der Waals surface area (Å²) in [6.45, 7) is 4.41. The molecule has 1 amide bonds. The quantitative estimate of drug-likeness (QED) is 0.850. The van der Waals surface area contributed by atoms with Gasteiger partial charge < -0.3 is 19.5 Å². The molecule has 0 aliphatic rings. The summed E-state index contributed by atoms with van der Waals surface area (Å²) in [5.41, 5.74) is 1.93. The fourth-order valence-corrected chi connectivity index (χ4v) is 2.16. The number of anilines is 1. The number of fused-ring (bicyclic) bond motifs is 1. The highest BCUT2D eigenvalue weighted by atomic mass is 16.5. The normalized spacial score (nSPS) is 11.2. The van der Waals surface area contributed by atoms with E-state index in [-0.39, 0.29) is 12.5 Å². The number of carbonyl (C=O) groups is 1. The fraction of sp³-hybridized carbons (Fsp3) is 0.438. The number of rotatable bonds is 7. The minimum absolute atomic E-state index is 0.0934. The minimum Gasteiger partial charge on any atom is -0.372 e. The smallest absolute Gasteiger partial charge is 0.250 e. The Kier molecular flexibility index (Phi) is 5.36. The zero-order valence-corrected chi connectivity index (χ0v) is 12.9. The van der Waals surface area contributed by atoms with E-state index in [2.05, 4.69) is 41.1 Å². The van der Waals surface area contributed by atoms with Gasteiger partial charge in [-0.15, -0.1) is 0 Å². The summed E-state index contributed by atoms with van der Waals surface area (Å²) < 4.78 is 7.31. The van der Waals surface area contributed by atoms with Crippen LogP contribution in [0.25, 0.3) is 10.9 Å². The second-order valence-electron chi connectivity index (χ2n) is 5.27. The van der Waals surface area contributed by atoms with E-state index in [1.165, 1.54) is 5.39 Å². The molecule has 0 fully saturated rings. The van der Waals surface area contributed by atoms with Crippen molar-refractivity contribution >= 4 is 22.5 Å². The van der Waals surface area contributed by atoms with Crippen LogP contribution in [0.4, 0.5) is 5.69 Å². The summed E-state index contributed by atoms with van der Waals surface area (Å²) in [5, 5.41) is 4.04. The van der Waals surface area contributed by atoms with Crippen LogP contribution in [0.3, 0.4) is 0 Å². The van der Waals surface area contributed by atoms with E-state index in [1.807, 2.05) is 25.1 Å². The third-order valence-corrected chi connectivity index (χ3v) is 3.28. The standard InChI is InChI=1S/C16H23N3O2/c1-4-21-12-16(20)17-14-6-5-13-7-8-19(15(13)11-14)10-9-18(2)3/h5-8,11H,4,9-10,12H2,1-3H3,(H,17,20). The van der Waals surface area contributed by atoms with Gasteiger partial charge in [-0.2, -0.15) is 0 Å². The fourth-order valence-electron chi connectivity index (χ4n) is 2.16. The SMILES string of the molecule is CCOCC(=O)Nc1ccc2ccn(CCN(C)C)c2c1. The lowest BCUT2D eigenvalue weighted by atomic mass is 10.2. The topological polar surface area (TPSA) is 46.5 Å². The van der Waals surface area contributed by atoms with E-state index in [4.69, 9.17) is 4.74 Å². The number of carbonyl (C=O) groups excluding carboxylic acids is 1. The number of hydrogen-bond acceptors (Lipinski definition) is 3. The average Bonchev–Trinajstić information content (AvgIpc) is 2.85. The van der Waals surface area contributed by atoms with Crippen molar-refractivity contribution in [2.75, 3.05) is 39.2 Å². The van der Waals surface area contributed by atoms with Gasteiger partial charge in [0.1, 0.15) is 6.61 Å². The highest BCUT2D eigenvalue weighted by molar-refractivity contribution is 5.94. The lowest BCUT2D eigenvalue weighted by molar-refractivity contribution is -0.120. The molecule has 1 N–H and O–H groups in total.